The van der Waals surface area contributed by atoms with Crippen LogP contribution in [0.1, 0.15) is 51.2 Å². The van der Waals surface area contributed by atoms with Gasteiger partial charge < -0.3 is 19.1 Å². The van der Waals surface area contributed by atoms with Gasteiger partial charge in [0.2, 0.25) is 0 Å². The van der Waals surface area contributed by atoms with Crippen molar-refractivity contribution in [2.45, 2.75) is 51.4 Å². The molecule has 1 atom stereocenters. The van der Waals surface area contributed by atoms with E-state index in [4.69, 9.17) is 14.2 Å². The fraction of sp³-hybridized carbons (Fsp3) is 0.611. The van der Waals surface area contributed by atoms with Crippen molar-refractivity contribution in [2.24, 2.45) is 0 Å². The number of hydrogen-bond acceptors (Lipinski definition) is 4. The molecule has 1 fully saturated rings. The molecule has 1 aromatic carbocycles. The number of anilines is 1. The summed E-state index contributed by atoms with van der Waals surface area (Å²) in [5, 5.41) is 0. The average Bonchev–Trinajstić information content (AvgIpc) is 3.05. The third kappa shape index (κ3) is 1.83. The van der Waals surface area contributed by atoms with E-state index in [0.29, 0.717) is 25.7 Å². The van der Waals surface area contributed by atoms with Gasteiger partial charge in [0.05, 0.1) is 25.5 Å². The highest BCUT2D eigenvalue weighted by Crippen LogP contribution is 2.56. The van der Waals surface area contributed by atoms with Crippen molar-refractivity contribution in [2.75, 3.05) is 24.7 Å². The molecule has 0 radical (unpaired) electrons. The zero-order valence-electron chi connectivity index (χ0n) is 14.1. The monoisotopic (exact) mass is 317 g/mol. The number of hydrogen-bond donors (Lipinski definition) is 0. The summed E-state index contributed by atoms with van der Waals surface area (Å²) in [5.74, 6) is -0.254. The van der Waals surface area contributed by atoms with Gasteiger partial charge in [0, 0.05) is 11.1 Å². The molecule has 0 bridgehead atoms. The summed E-state index contributed by atoms with van der Waals surface area (Å²) in [5.41, 5.74) is 2.66. The van der Waals surface area contributed by atoms with Crippen molar-refractivity contribution in [1.82, 2.24) is 0 Å². The van der Waals surface area contributed by atoms with Crippen molar-refractivity contribution in [3.05, 3.63) is 23.3 Å². The maximum Gasteiger partial charge on any atom is 0.293 e. The van der Waals surface area contributed by atoms with E-state index < -0.39 is 5.79 Å². The molecule has 1 spiro atoms. The van der Waals surface area contributed by atoms with E-state index >= 15 is 0 Å². The lowest BCUT2D eigenvalue weighted by atomic mass is 9.80. The zero-order chi connectivity index (χ0) is 16.4. The van der Waals surface area contributed by atoms with Gasteiger partial charge in [-0.3, -0.25) is 4.79 Å². The summed E-state index contributed by atoms with van der Waals surface area (Å²) in [6, 6.07) is 3.98. The predicted molar refractivity (Wildman–Crippen MR) is 85.8 cm³/mol. The summed E-state index contributed by atoms with van der Waals surface area (Å²) in [6.45, 7) is 9.84. The Kier molecular flexibility index (Phi) is 3.06. The van der Waals surface area contributed by atoms with Gasteiger partial charge in [-0.2, -0.15) is 0 Å². The molecule has 0 unspecified atom stereocenters. The summed E-state index contributed by atoms with van der Waals surface area (Å²) in [7, 11) is 0. The first-order valence-electron chi connectivity index (χ1n) is 8.34. The summed E-state index contributed by atoms with van der Waals surface area (Å²) < 4.78 is 17.4. The van der Waals surface area contributed by atoms with Crippen molar-refractivity contribution >= 4 is 11.6 Å². The van der Waals surface area contributed by atoms with Gasteiger partial charge in [-0.1, -0.05) is 6.92 Å². The normalized spacial score (nSPS) is 26.7. The second-order valence-corrected chi connectivity index (χ2v) is 7.21. The van der Waals surface area contributed by atoms with Gasteiger partial charge in [-0.15, -0.1) is 0 Å². The minimum atomic E-state index is -1.28. The van der Waals surface area contributed by atoms with E-state index in [1.807, 2.05) is 17.9 Å². The molecule has 3 heterocycles. The number of benzene rings is 1. The highest BCUT2D eigenvalue weighted by atomic mass is 16.7. The fourth-order valence-electron chi connectivity index (χ4n) is 4.34. The van der Waals surface area contributed by atoms with Gasteiger partial charge in [0.15, 0.2) is 0 Å². The Morgan fingerprint density at radius 1 is 1.30 bits per heavy atom. The van der Waals surface area contributed by atoms with Crippen LogP contribution < -0.4 is 9.64 Å². The smallest absolute Gasteiger partial charge is 0.293 e. The third-order valence-electron chi connectivity index (χ3n) is 5.12. The number of ether oxygens (including phenoxy) is 3. The molecule has 0 saturated carbocycles. The molecule has 23 heavy (non-hydrogen) atoms. The molecule has 3 aliphatic rings. The van der Waals surface area contributed by atoms with Crippen LogP contribution in [-0.4, -0.2) is 31.3 Å². The standard InChI is InChI=1S/C18H23NO4/c1-5-21-12-8-13-11(2)10-17(3,4)19-15(13)14(9-12)18(16(19)20)22-6-7-23-18/h8-9,11H,5-7,10H2,1-4H3/t11-/m1/s1. The number of fused-ring (bicyclic) bond motifs is 1. The molecule has 0 N–H and O–H groups in total. The molecule has 0 aliphatic carbocycles. The molecule has 5 nitrogen and oxygen atoms in total. The Hall–Kier alpha value is -1.59. The highest BCUT2D eigenvalue weighted by Gasteiger charge is 2.61. The molecule has 0 aromatic heterocycles. The number of carbonyl (C=O) groups excluding carboxylic acids is 1. The quantitative estimate of drug-likeness (QED) is 0.841. The largest absolute Gasteiger partial charge is 0.494 e. The Labute approximate surface area is 136 Å². The number of rotatable bonds is 2. The Balaban J connectivity index is 1.99. The average molecular weight is 317 g/mol. The van der Waals surface area contributed by atoms with Gasteiger partial charge in [0.1, 0.15) is 5.75 Å². The molecule has 1 amide bonds. The maximum atomic E-state index is 13.2. The van der Waals surface area contributed by atoms with E-state index in [-0.39, 0.29) is 11.4 Å². The first kappa shape index (κ1) is 15.0. The van der Waals surface area contributed by atoms with Crippen molar-refractivity contribution in [1.29, 1.82) is 0 Å². The topological polar surface area (TPSA) is 48.0 Å². The highest BCUT2D eigenvalue weighted by molar-refractivity contribution is 6.08. The molecule has 5 heteroatoms. The summed E-state index contributed by atoms with van der Waals surface area (Å²) in [4.78, 5) is 15.1. The van der Waals surface area contributed by atoms with Crippen LogP contribution in [0.4, 0.5) is 5.69 Å². The fourth-order valence-corrected chi connectivity index (χ4v) is 4.34. The second-order valence-electron chi connectivity index (χ2n) is 7.21. The third-order valence-corrected chi connectivity index (χ3v) is 5.12. The van der Waals surface area contributed by atoms with E-state index in [1.165, 1.54) is 0 Å². The van der Waals surface area contributed by atoms with E-state index in [2.05, 4.69) is 26.8 Å². The van der Waals surface area contributed by atoms with E-state index in [0.717, 1.165) is 29.0 Å². The van der Waals surface area contributed by atoms with Gasteiger partial charge in [-0.05, 0) is 50.8 Å². The van der Waals surface area contributed by atoms with E-state index in [1.54, 1.807) is 0 Å². The lowest BCUT2D eigenvalue weighted by molar-refractivity contribution is -0.181. The van der Waals surface area contributed by atoms with Gasteiger partial charge >= 0.3 is 0 Å². The predicted octanol–water partition coefficient (Wildman–Crippen LogP) is 2.92. The number of amides is 1. The Morgan fingerprint density at radius 2 is 2.00 bits per heavy atom. The van der Waals surface area contributed by atoms with Crippen LogP contribution in [0, 0.1) is 0 Å². The Morgan fingerprint density at radius 3 is 2.65 bits per heavy atom. The van der Waals surface area contributed by atoms with Crippen LogP contribution >= 0.6 is 0 Å². The Bertz CT molecular complexity index is 676. The second kappa shape index (κ2) is 4.71. The van der Waals surface area contributed by atoms with Crippen LogP contribution in [0.5, 0.6) is 5.75 Å². The molecular weight excluding hydrogens is 294 g/mol. The van der Waals surface area contributed by atoms with Crippen LogP contribution in [0.2, 0.25) is 0 Å². The molecule has 124 valence electrons. The van der Waals surface area contributed by atoms with Crippen molar-refractivity contribution in [3.63, 3.8) is 0 Å². The lowest BCUT2D eigenvalue weighted by Gasteiger charge is -2.43. The first-order chi connectivity index (χ1) is 10.9. The van der Waals surface area contributed by atoms with Crippen LogP contribution in [0.3, 0.4) is 0 Å². The maximum absolute atomic E-state index is 13.2. The van der Waals surface area contributed by atoms with Gasteiger partial charge in [0.25, 0.3) is 11.7 Å². The zero-order valence-corrected chi connectivity index (χ0v) is 14.1. The minimum absolute atomic E-state index is 0.100. The van der Waals surface area contributed by atoms with Crippen LogP contribution in [0.15, 0.2) is 12.1 Å². The number of nitrogens with zero attached hydrogens (tertiary/aromatic N) is 1. The first-order valence-corrected chi connectivity index (χ1v) is 8.34. The minimum Gasteiger partial charge on any atom is -0.494 e. The lowest BCUT2D eigenvalue weighted by Crippen LogP contribution is -2.53. The van der Waals surface area contributed by atoms with Crippen LogP contribution in [0.25, 0.3) is 0 Å². The number of carbonyl (C=O) groups is 1. The van der Waals surface area contributed by atoms with Crippen molar-refractivity contribution < 1.29 is 19.0 Å². The summed E-state index contributed by atoms with van der Waals surface area (Å²) >= 11 is 0. The SMILES string of the molecule is CCOc1cc2c3c(c1)C1(OCCO1)C(=O)N3C(C)(C)C[C@H]2C. The molecule has 1 saturated heterocycles. The van der Waals surface area contributed by atoms with Gasteiger partial charge in [-0.25, -0.2) is 0 Å². The van der Waals surface area contributed by atoms with Crippen molar-refractivity contribution in [3.8, 4) is 5.75 Å². The summed E-state index contributed by atoms with van der Waals surface area (Å²) in [6.07, 6.45) is 0.900. The molecular formula is C18H23NO4. The van der Waals surface area contributed by atoms with E-state index in [9.17, 15) is 4.79 Å². The van der Waals surface area contributed by atoms with Crippen LogP contribution in [-0.2, 0) is 20.1 Å². The molecule has 3 aliphatic heterocycles. The molecule has 1 aromatic rings. The molecule has 4 rings (SSSR count).